The van der Waals surface area contributed by atoms with E-state index in [1.807, 2.05) is 47.9 Å². The second-order valence-electron chi connectivity index (χ2n) is 8.86. The Kier molecular flexibility index (Phi) is 5.64. The van der Waals surface area contributed by atoms with Crippen LogP contribution < -0.4 is 4.90 Å². The van der Waals surface area contributed by atoms with Crippen LogP contribution in [0.5, 0.6) is 0 Å². The molecule has 1 fully saturated rings. The molecule has 0 amide bonds. The molecule has 4 rings (SSSR count). The highest BCUT2D eigenvalue weighted by Gasteiger charge is 2.32. The number of ether oxygens (including phenoxy) is 1. The molecule has 7 heteroatoms. The molecule has 0 bridgehead atoms. The molecular weight excluding hydrogens is 458 g/mol. The van der Waals surface area contributed by atoms with Gasteiger partial charge in [-0.2, -0.15) is 0 Å². The first-order chi connectivity index (χ1) is 14.7. The van der Waals surface area contributed by atoms with E-state index in [1.165, 1.54) is 7.11 Å². The lowest BCUT2D eigenvalue weighted by molar-refractivity contribution is -0.135. The number of aromatic nitrogens is 2. The molecule has 6 nitrogen and oxygen atoms in total. The average molecular weight is 484 g/mol. The fourth-order valence-electron chi connectivity index (χ4n) is 4.13. The van der Waals surface area contributed by atoms with Crippen molar-refractivity contribution in [3.8, 4) is 11.3 Å². The molecule has 1 aliphatic heterocycles. The Hall–Kier alpha value is -2.67. The van der Waals surface area contributed by atoms with E-state index in [0.29, 0.717) is 11.1 Å². The zero-order chi connectivity index (χ0) is 22.3. The van der Waals surface area contributed by atoms with Gasteiger partial charge in [-0.15, -0.1) is 0 Å². The summed E-state index contributed by atoms with van der Waals surface area (Å²) in [6, 6.07) is 9.81. The molecule has 0 spiro atoms. The third kappa shape index (κ3) is 4.11. The van der Waals surface area contributed by atoms with Crippen molar-refractivity contribution in [2.45, 2.75) is 33.6 Å². The Balaban J connectivity index is 1.92. The molecule has 0 saturated carbocycles. The van der Waals surface area contributed by atoms with E-state index < -0.39 is 11.8 Å². The number of rotatable bonds is 4. The maximum Gasteiger partial charge on any atom is 0.379 e. The van der Waals surface area contributed by atoms with E-state index in [1.54, 1.807) is 0 Å². The van der Waals surface area contributed by atoms with Crippen molar-refractivity contribution in [1.82, 2.24) is 9.38 Å². The van der Waals surface area contributed by atoms with E-state index in [-0.39, 0.29) is 5.41 Å². The van der Waals surface area contributed by atoms with Gasteiger partial charge in [-0.1, -0.05) is 41.9 Å². The number of esters is 1. The number of hydrogen-bond acceptors (Lipinski definition) is 5. The molecule has 31 heavy (non-hydrogen) atoms. The number of ketones is 1. The summed E-state index contributed by atoms with van der Waals surface area (Å²) in [5, 5.41) is 0. The van der Waals surface area contributed by atoms with Gasteiger partial charge in [0.15, 0.2) is 0 Å². The molecule has 0 aliphatic carbocycles. The van der Waals surface area contributed by atoms with Gasteiger partial charge in [-0.05, 0) is 48.9 Å². The fourth-order valence-corrected chi connectivity index (χ4v) is 4.52. The zero-order valence-electron chi connectivity index (χ0n) is 18.2. The van der Waals surface area contributed by atoms with Crippen molar-refractivity contribution >= 4 is 39.1 Å². The van der Waals surface area contributed by atoms with Gasteiger partial charge in [0.25, 0.3) is 5.78 Å². The summed E-state index contributed by atoms with van der Waals surface area (Å²) in [6.45, 7) is 7.98. The maximum atomic E-state index is 13.0. The summed E-state index contributed by atoms with van der Waals surface area (Å²) in [5.74, 6) is -0.762. The highest BCUT2D eigenvalue weighted by molar-refractivity contribution is 9.10. The van der Waals surface area contributed by atoms with Crippen LogP contribution in [-0.2, 0) is 9.53 Å². The van der Waals surface area contributed by atoms with Crippen LogP contribution in [0.15, 0.2) is 41.0 Å². The molecule has 0 N–H and O–H groups in total. The molecule has 0 unspecified atom stereocenters. The topological polar surface area (TPSA) is 63.9 Å². The fraction of sp³-hybridized carbons (Fsp3) is 0.375. The lowest BCUT2D eigenvalue weighted by Gasteiger charge is -2.39. The van der Waals surface area contributed by atoms with Crippen molar-refractivity contribution in [2.75, 3.05) is 25.1 Å². The molecule has 162 valence electrons. The molecule has 0 radical (unpaired) electrons. The van der Waals surface area contributed by atoms with Crippen molar-refractivity contribution in [3.63, 3.8) is 0 Å². The molecule has 3 aromatic rings. The van der Waals surface area contributed by atoms with Gasteiger partial charge in [0.2, 0.25) is 0 Å². The Morgan fingerprint density at radius 2 is 1.87 bits per heavy atom. The SMILES string of the molecule is COC(=O)C(=O)c1c(C)cc2nc(-c3cccc(Br)c3)cn2c1N1CCC(C)(C)CC1. The third-order valence-electron chi connectivity index (χ3n) is 6.06. The number of pyridine rings is 1. The Morgan fingerprint density at radius 1 is 1.16 bits per heavy atom. The standard InChI is InChI=1S/C24H26BrN3O3/c1-15-12-19-26-18(16-6-5-7-17(25)13-16)14-28(19)22(20(15)21(29)23(30)31-4)27-10-8-24(2,3)9-11-27/h5-7,12-14H,8-11H2,1-4H3. The lowest BCUT2D eigenvalue weighted by Crippen LogP contribution is -2.39. The van der Waals surface area contributed by atoms with Crippen LogP contribution >= 0.6 is 15.9 Å². The predicted molar refractivity (Wildman–Crippen MR) is 125 cm³/mol. The molecule has 3 heterocycles. The number of hydrogen-bond donors (Lipinski definition) is 0. The molecular formula is C24H26BrN3O3. The smallest absolute Gasteiger partial charge is 0.379 e. The first-order valence-electron chi connectivity index (χ1n) is 10.4. The largest absolute Gasteiger partial charge is 0.463 e. The summed E-state index contributed by atoms with van der Waals surface area (Å²) >= 11 is 3.52. The van der Waals surface area contributed by atoms with Crippen LogP contribution in [0.25, 0.3) is 16.9 Å². The highest BCUT2D eigenvalue weighted by atomic mass is 79.9. The quantitative estimate of drug-likeness (QED) is 0.295. The number of fused-ring (bicyclic) bond motifs is 1. The van der Waals surface area contributed by atoms with Crippen molar-refractivity contribution in [3.05, 3.63) is 52.1 Å². The Morgan fingerprint density at radius 3 is 2.52 bits per heavy atom. The summed E-state index contributed by atoms with van der Waals surface area (Å²) < 4.78 is 7.67. The summed E-state index contributed by atoms with van der Waals surface area (Å²) in [5.41, 5.74) is 3.88. The first kappa shape index (κ1) is 21.6. The van der Waals surface area contributed by atoms with Crippen molar-refractivity contribution < 1.29 is 14.3 Å². The van der Waals surface area contributed by atoms with Crippen LogP contribution in [0.4, 0.5) is 5.82 Å². The predicted octanol–water partition coefficient (Wildman–Crippen LogP) is 5.05. The monoisotopic (exact) mass is 483 g/mol. The number of benzene rings is 1. The third-order valence-corrected chi connectivity index (χ3v) is 6.55. The normalized spacial score (nSPS) is 15.8. The molecule has 1 aliphatic rings. The van der Waals surface area contributed by atoms with Crippen LogP contribution in [0, 0.1) is 12.3 Å². The Bertz CT molecular complexity index is 1170. The van der Waals surface area contributed by atoms with Gasteiger partial charge < -0.3 is 9.64 Å². The molecule has 0 atom stereocenters. The summed E-state index contributed by atoms with van der Waals surface area (Å²) in [7, 11) is 1.24. The number of Topliss-reactive ketones (excluding diaryl/α,β-unsaturated/α-hetero) is 1. The minimum absolute atomic E-state index is 0.252. The van der Waals surface area contributed by atoms with Crippen LogP contribution in [0.3, 0.4) is 0 Å². The zero-order valence-corrected chi connectivity index (χ0v) is 19.8. The minimum Gasteiger partial charge on any atom is -0.463 e. The number of piperidine rings is 1. The average Bonchev–Trinajstić information content (AvgIpc) is 3.15. The second-order valence-corrected chi connectivity index (χ2v) is 9.78. The van der Waals surface area contributed by atoms with E-state index in [0.717, 1.165) is 53.1 Å². The van der Waals surface area contributed by atoms with Gasteiger partial charge in [-0.25, -0.2) is 9.78 Å². The van der Waals surface area contributed by atoms with E-state index >= 15 is 0 Å². The first-order valence-corrected chi connectivity index (χ1v) is 11.2. The molecule has 2 aromatic heterocycles. The summed E-state index contributed by atoms with van der Waals surface area (Å²) in [4.78, 5) is 32.2. The number of carbonyl (C=O) groups excluding carboxylic acids is 2. The van der Waals surface area contributed by atoms with Crippen molar-refractivity contribution in [1.29, 1.82) is 0 Å². The number of nitrogens with zero attached hydrogens (tertiary/aromatic N) is 3. The number of halogens is 1. The van der Waals surface area contributed by atoms with E-state index in [2.05, 4.69) is 34.7 Å². The number of imidazole rings is 1. The van der Waals surface area contributed by atoms with Gasteiger partial charge >= 0.3 is 5.97 Å². The van der Waals surface area contributed by atoms with Crippen LogP contribution in [0.2, 0.25) is 0 Å². The highest BCUT2D eigenvalue weighted by Crippen LogP contribution is 2.36. The number of aryl methyl sites for hydroxylation is 1. The van der Waals surface area contributed by atoms with E-state index in [9.17, 15) is 9.59 Å². The van der Waals surface area contributed by atoms with Crippen LogP contribution in [0.1, 0.15) is 42.6 Å². The van der Waals surface area contributed by atoms with Gasteiger partial charge in [0, 0.05) is 29.3 Å². The van der Waals surface area contributed by atoms with Crippen LogP contribution in [-0.4, -0.2) is 41.3 Å². The van der Waals surface area contributed by atoms with Gasteiger partial charge in [0.1, 0.15) is 11.5 Å². The maximum absolute atomic E-state index is 13.0. The minimum atomic E-state index is -0.853. The molecule has 1 aromatic carbocycles. The number of carbonyl (C=O) groups is 2. The summed E-state index contributed by atoms with van der Waals surface area (Å²) in [6.07, 6.45) is 3.95. The Labute approximate surface area is 190 Å². The number of methoxy groups -OCH3 is 1. The second kappa shape index (κ2) is 8.11. The number of anilines is 1. The van der Waals surface area contributed by atoms with Crippen molar-refractivity contribution in [2.24, 2.45) is 5.41 Å². The van der Waals surface area contributed by atoms with E-state index in [4.69, 9.17) is 9.72 Å². The van der Waals surface area contributed by atoms with Gasteiger partial charge in [0.05, 0.1) is 18.4 Å². The lowest BCUT2D eigenvalue weighted by atomic mass is 9.82. The molecule has 1 saturated heterocycles. The van der Waals surface area contributed by atoms with Gasteiger partial charge in [-0.3, -0.25) is 9.20 Å².